The summed E-state index contributed by atoms with van der Waals surface area (Å²) in [6.07, 6.45) is 10.8. The molecule has 2 aliphatic rings. The van der Waals surface area contributed by atoms with Crippen molar-refractivity contribution in [3.63, 3.8) is 0 Å². The molecule has 0 radical (unpaired) electrons. The van der Waals surface area contributed by atoms with Crippen LogP contribution >= 0.6 is 0 Å². The fourth-order valence-electron chi connectivity index (χ4n) is 3.39. The number of carbonyl (C=O) groups is 1. The molecule has 2 saturated carbocycles. The SMILES string of the molecule is CC1CCCCC1OC(=O)CC1(N)CCCCC1. The zero-order chi connectivity index (χ0) is 13.0. The van der Waals surface area contributed by atoms with Crippen molar-refractivity contribution in [2.24, 2.45) is 11.7 Å². The molecule has 3 heteroatoms. The first-order chi connectivity index (χ1) is 8.59. The molecule has 0 aromatic heterocycles. The molecule has 2 atom stereocenters. The number of esters is 1. The average Bonchev–Trinajstić information content (AvgIpc) is 2.32. The number of rotatable bonds is 3. The molecule has 2 N–H and O–H groups in total. The van der Waals surface area contributed by atoms with Crippen molar-refractivity contribution < 1.29 is 9.53 Å². The van der Waals surface area contributed by atoms with Crippen LogP contribution in [-0.2, 0) is 9.53 Å². The highest BCUT2D eigenvalue weighted by atomic mass is 16.5. The third kappa shape index (κ3) is 3.71. The Hall–Kier alpha value is -0.570. The molecule has 0 bridgehead atoms. The molecule has 0 spiro atoms. The summed E-state index contributed by atoms with van der Waals surface area (Å²) in [6, 6.07) is 0. The summed E-state index contributed by atoms with van der Waals surface area (Å²) in [4.78, 5) is 12.0. The van der Waals surface area contributed by atoms with E-state index in [1.807, 2.05) is 0 Å². The van der Waals surface area contributed by atoms with Crippen LogP contribution in [0.3, 0.4) is 0 Å². The lowest BCUT2D eigenvalue weighted by Gasteiger charge is -2.34. The minimum atomic E-state index is -0.284. The molecule has 0 aromatic carbocycles. The molecular formula is C15H27NO2. The fraction of sp³-hybridized carbons (Fsp3) is 0.933. The van der Waals surface area contributed by atoms with Crippen LogP contribution in [0.15, 0.2) is 0 Å². The van der Waals surface area contributed by atoms with Gasteiger partial charge in [0.15, 0.2) is 0 Å². The maximum Gasteiger partial charge on any atom is 0.307 e. The van der Waals surface area contributed by atoms with E-state index in [1.165, 1.54) is 25.7 Å². The van der Waals surface area contributed by atoms with Gasteiger partial charge in [-0.1, -0.05) is 32.6 Å². The predicted octanol–water partition coefficient (Wildman–Crippen LogP) is 3.16. The molecule has 0 aromatic rings. The maximum absolute atomic E-state index is 12.0. The minimum Gasteiger partial charge on any atom is -0.462 e. The molecule has 3 nitrogen and oxygen atoms in total. The molecule has 104 valence electrons. The van der Waals surface area contributed by atoms with Gasteiger partial charge in [0.05, 0.1) is 6.42 Å². The number of ether oxygens (including phenoxy) is 1. The Labute approximate surface area is 110 Å². The van der Waals surface area contributed by atoms with Crippen LogP contribution in [0.1, 0.15) is 71.1 Å². The second-order valence-corrected chi connectivity index (χ2v) is 6.39. The van der Waals surface area contributed by atoms with Crippen LogP contribution in [0.4, 0.5) is 0 Å². The predicted molar refractivity (Wildman–Crippen MR) is 72.1 cm³/mol. The fourth-order valence-corrected chi connectivity index (χ4v) is 3.39. The van der Waals surface area contributed by atoms with Gasteiger partial charge in [0.1, 0.15) is 6.10 Å². The highest BCUT2D eigenvalue weighted by Crippen LogP contribution is 2.31. The lowest BCUT2D eigenvalue weighted by molar-refractivity contribution is -0.155. The highest BCUT2D eigenvalue weighted by Gasteiger charge is 2.32. The molecule has 2 rings (SSSR count). The number of carbonyl (C=O) groups excluding carboxylic acids is 1. The zero-order valence-corrected chi connectivity index (χ0v) is 11.6. The second kappa shape index (κ2) is 6.05. The number of nitrogens with two attached hydrogens (primary N) is 1. The van der Waals surface area contributed by atoms with E-state index in [-0.39, 0.29) is 17.6 Å². The van der Waals surface area contributed by atoms with Crippen LogP contribution < -0.4 is 5.73 Å². The molecule has 2 fully saturated rings. The van der Waals surface area contributed by atoms with Crippen molar-refractivity contribution in [2.45, 2.75) is 82.8 Å². The van der Waals surface area contributed by atoms with Crippen molar-refractivity contribution in [1.82, 2.24) is 0 Å². The third-order valence-corrected chi connectivity index (χ3v) is 4.66. The topological polar surface area (TPSA) is 52.3 Å². The van der Waals surface area contributed by atoms with E-state index in [0.717, 1.165) is 32.1 Å². The standard InChI is InChI=1S/C15H27NO2/c1-12-7-3-4-8-13(12)18-14(17)11-15(16)9-5-2-6-10-15/h12-13H,2-11,16H2,1H3. The summed E-state index contributed by atoms with van der Waals surface area (Å²) in [6.45, 7) is 2.19. The normalized spacial score (nSPS) is 31.9. The zero-order valence-electron chi connectivity index (χ0n) is 11.6. The van der Waals surface area contributed by atoms with E-state index >= 15 is 0 Å². The van der Waals surface area contributed by atoms with Gasteiger partial charge in [-0.3, -0.25) is 4.79 Å². The first-order valence-corrected chi connectivity index (χ1v) is 7.57. The Bertz CT molecular complexity index is 284. The Morgan fingerprint density at radius 2 is 1.83 bits per heavy atom. The van der Waals surface area contributed by atoms with Crippen LogP contribution in [0.25, 0.3) is 0 Å². The Morgan fingerprint density at radius 1 is 1.17 bits per heavy atom. The Kier molecular flexibility index (Phi) is 4.66. The van der Waals surface area contributed by atoms with Gasteiger partial charge in [-0.2, -0.15) is 0 Å². The van der Waals surface area contributed by atoms with E-state index in [0.29, 0.717) is 12.3 Å². The van der Waals surface area contributed by atoms with Gasteiger partial charge < -0.3 is 10.5 Å². The van der Waals surface area contributed by atoms with Crippen molar-refractivity contribution in [1.29, 1.82) is 0 Å². The van der Waals surface area contributed by atoms with Gasteiger partial charge in [-0.05, 0) is 38.0 Å². The lowest BCUT2D eigenvalue weighted by atomic mass is 9.80. The highest BCUT2D eigenvalue weighted by molar-refractivity contribution is 5.71. The number of hydrogen-bond acceptors (Lipinski definition) is 3. The average molecular weight is 253 g/mol. The first-order valence-electron chi connectivity index (χ1n) is 7.57. The molecule has 18 heavy (non-hydrogen) atoms. The monoisotopic (exact) mass is 253 g/mol. The van der Waals surface area contributed by atoms with E-state index in [2.05, 4.69) is 6.92 Å². The van der Waals surface area contributed by atoms with Crippen molar-refractivity contribution >= 4 is 5.97 Å². The third-order valence-electron chi connectivity index (χ3n) is 4.66. The van der Waals surface area contributed by atoms with E-state index in [9.17, 15) is 4.79 Å². The molecule has 2 unspecified atom stereocenters. The summed E-state index contributed by atoms with van der Waals surface area (Å²) >= 11 is 0. The van der Waals surface area contributed by atoms with Gasteiger partial charge in [0.25, 0.3) is 0 Å². The first kappa shape index (κ1) is 13.9. The summed E-state index contributed by atoms with van der Waals surface area (Å²) < 4.78 is 5.65. The molecule has 0 amide bonds. The van der Waals surface area contributed by atoms with Crippen LogP contribution in [0.2, 0.25) is 0 Å². The van der Waals surface area contributed by atoms with Gasteiger partial charge in [0.2, 0.25) is 0 Å². The molecule has 0 saturated heterocycles. The Balaban J connectivity index is 1.80. The van der Waals surface area contributed by atoms with E-state index < -0.39 is 0 Å². The largest absolute Gasteiger partial charge is 0.462 e. The number of hydrogen-bond donors (Lipinski definition) is 1. The van der Waals surface area contributed by atoms with Crippen molar-refractivity contribution in [3.05, 3.63) is 0 Å². The molecular weight excluding hydrogens is 226 g/mol. The Morgan fingerprint density at radius 3 is 2.50 bits per heavy atom. The quantitative estimate of drug-likeness (QED) is 0.786. The van der Waals surface area contributed by atoms with Crippen molar-refractivity contribution in [2.75, 3.05) is 0 Å². The molecule has 0 aliphatic heterocycles. The van der Waals surface area contributed by atoms with E-state index in [4.69, 9.17) is 10.5 Å². The lowest BCUT2D eigenvalue weighted by Crippen LogP contribution is -2.44. The molecule has 0 heterocycles. The summed E-state index contributed by atoms with van der Waals surface area (Å²) in [7, 11) is 0. The van der Waals surface area contributed by atoms with Gasteiger partial charge in [-0.15, -0.1) is 0 Å². The van der Waals surface area contributed by atoms with Crippen LogP contribution in [0.5, 0.6) is 0 Å². The van der Waals surface area contributed by atoms with E-state index in [1.54, 1.807) is 0 Å². The summed E-state index contributed by atoms with van der Waals surface area (Å²) in [5.74, 6) is 0.445. The van der Waals surface area contributed by atoms with Crippen LogP contribution in [-0.4, -0.2) is 17.6 Å². The maximum atomic E-state index is 12.0. The summed E-state index contributed by atoms with van der Waals surface area (Å²) in [5, 5.41) is 0. The summed E-state index contributed by atoms with van der Waals surface area (Å²) in [5.41, 5.74) is 6.01. The smallest absolute Gasteiger partial charge is 0.307 e. The minimum absolute atomic E-state index is 0.0712. The molecule has 2 aliphatic carbocycles. The van der Waals surface area contributed by atoms with Crippen molar-refractivity contribution in [3.8, 4) is 0 Å². The van der Waals surface area contributed by atoms with Crippen LogP contribution in [0, 0.1) is 5.92 Å². The van der Waals surface area contributed by atoms with Gasteiger partial charge >= 0.3 is 5.97 Å². The van der Waals surface area contributed by atoms with Gasteiger partial charge in [0, 0.05) is 5.54 Å². The second-order valence-electron chi connectivity index (χ2n) is 6.39. The van der Waals surface area contributed by atoms with Gasteiger partial charge in [-0.25, -0.2) is 0 Å².